The highest BCUT2D eigenvalue weighted by Gasteiger charge is 2.23. The summed E-state index contributed by atoms with van der Waals surface area (Å²) >= 11 is 0. The van der Waals surface area contributed by atoms with E-state index in [2.05, 4.69) is 89.0 Å². The van der Waals surface area contributed by atoms with Crippen LogP contribution in [0, 0.1) is 0 Å². The number of para-hydroxylation sites is 1. The van der Waals surface area contributed by atoms with Crippen molar-refractivity contribution >= 4 is 10.8 Å². The van der Waals surface area contributed by atoms with E-state index in [1.807, 2.05) is 4.68 Å². The standard InChI is InChI=1S/C21H18N4/c1-24-13-16-8-3-5-12-19(16)25-20(14-24)21(22-23-25)18-11-6-9-15-7-2-4-10-17(15)18/h2-12H,13-14H2,1H3. The summed E-state index contributed by atoms with van der Waals surface area (Å²) in [6.45, 7) is 1.73. The third-order valence-electron chi connectivity index (χ3n) is 4.89. The molecule has 5 rings (SSSR count). The molecule has 0 spiro atoms. The third kappa shape index (κ3) is 2.26. The number of fused-ring (bicyclic) bond motifs is 4. The Bertz CT molecular complexity index is 1070. The van der Waals surface area contributed by atoms with Crippen LogP contribution in [-0.4, -0.2) is 26.9 Å². The molecule has 4 nitrogen and oxygen atoms in total. The van der Waals surface area contributed by atoms with Gasteiger partial charge in [0.2, 0.25) is 0 Å². The van der Waals surface area contributed by atoms with Crippen molar-refractivity contribution in [3.63, 3.8) is 0 Å². The molecule has 0 atom stereocenters. The first-order valence-electron chi connectivity index (χ1n) is 8.51. The number of aromatic nitrogens is 3. The molecule has 0 saturated heterocycles. The van der Waals surface area contributed by atoms with E-state index in [0.29, 0.717) is 0 Å². The predicted molar refractivity (Wildman–Crippen MR) is 99.5 cm³/mol. The van der Waals surface area contributed by atoms with Gasteiger partial charge in [-0.05, 0) is 29.4 Å². The second-order valence-corrected chi connectivity index (χ2v) is 6.62. The van der Waals surface area contributed by atoms with Crippen molar-refractivity contribution in [2.75, 3.05) is 7.05 Å². The number of nitrogens with zero attached hydrogens (tertiary/aromatic N) is 4. The summed E-state index contributed by atoms with van der Waals surface area (Å²) < 4.78 is 2.01. The van der Waals surface area contributed by atoms with Gasteiger partial charge in [0, 0.05) is 18.7 Å². The fraction of sp³-hybridized carbons (Fsp3) is 0.143. The van der Waals surface area contributed by atoms with Crippen LogP contribution in [-0.2, 0) is 13.1 Å². The lowest BCUT2D eigenvalue weighted by atomic mass is 10.0. The highest BCUT2D eigenvalue weighted by molar-refractivity contribution is 5.96. The molecule has 0 fully saturated rings. The van der Waals surface area contributed by atoms with Gasteiger partial charge >= 0.3 is 0 Å². The zero-order chi connectivity index (χ0) is 16.8. The SMILES string of the molecule is CN1Cc2ccccc2-n2nnc(-c3cccc4ccccc34)c2C1. The average molecular weight is 326 g/mol. The maximum Gasteiger partial charge on any atom is 0.118 e. The van der Waals surface area contributed by atoms with E-state index in [9.17, 15) is 0 Å². The van der Waals surface area contributed by atoms with E-state index in [-0.39, 0.29) is 0 Å². The zero-order valence-electron chi connectivity index (χ0n) is 14.1. The van der Waals surface area contributed by atoms with Gasteiger partial charge in [0.15, 0.2) is 0 Å². The van der Waals surface area contributed by atoms with Crippen LogP contribution in [0.1, 0.15) is 11.3 Å². The molecule has 0 N–H and O–H groups in total. The average Bonchev–Trinajstić information content (AvgIpc) is 2.98. The minimum Gasteiger partial charge on any atom is -0.296 e. The van der Waals surface area contributed by atoms with E-state index in [1.165, 1.54) is 16.3 Å². The van der Waals surface area contributed by atoms with E-state index in [0.717, 1.165) is 35.7 Å². The lowest BCUT2D eigenvalue weighted by Gasteiger charge is -2.13. The topological polar surface area (TPSA) is 34.0 Å². The zero-order valence-corrected chi connectivity index (χ0v) is 14.1. The fourth-order valence-corrected chi connectivity index (χ4v) is 3.73. The normalized spacial score (nSPS) is 14.1. The Hall–Kier alpha value is -2.98. The van der Waals surface area contributed by atoms with Gasteiger partial charge in [-0.3, -0.25) is 4.90 Å². The first-order valence-corrected chi connectivity index (χ1v) is 8.51. The van der Waals surface area contributed by atoms with E-state index in [4.69, 9.17) is 0 Å². The summed E-state index contributed by atoms with van der Waals surface area (Å²) in [5, 5.41) is 11.5. The summed E-state index contributed by atoms with van der Waals surface area (Å²) in [5.74, 6) is 0. The summed E-state index contributed by atoms with van der Waals surface area (Å²) in [4.78, 5) is 2.32. The van der Waals surface area contributed by atoms with Crippen molar-refractivity contribution in [1.82, 2.24) is 19.9 Å². The molecule has 25 heavy (non-hydrogen) atoms. The quantitative estimate of drug-likeness (QED) is 0.529. The van der Waals surface area contributed by atoms with Gasteiger partial charge < -0.3 is 0 Å². The van der Waals surface area contributed by atoms with Crippen LogP contribution in [0.4, 0.5) is 0 Å². The second kappa shape index (κ2) is 5.53. The first kappa shape index (κ1) is 14.4. The minimum absolute atomic E-state index is 0.820. The lowest BCUT2D eigenvalue weighted by molar-refractivity contribution is 0.320. The van der Waals surface area contributed by atoms with Gasteiger partial charge in [0.05, 0.1) is 11.4 Å². The van der Waals surface area contributed by atoms with Crippen LogP contribution in [0.5, 0.6) is 0 Å². The molecule has 0 bridgehead atoms. The highest BCUT2D eigenvalue weighted by Crippen LogP contribution is 2.33. The fourth-order valence-electron chi connectivity index (χ4n) is 3.73. The van der Waals surface area contributed by atoms with E-state index >= 15 is 0 Å². The molecular weight excluding hydrogens is 308 g/mol. The predicted octanol–water partition coefficient (Wildman–Crippen LogP) is 4.03. The molecule has 1 aliphatic rings. The molecule has 3 aromatic carbocycles. The molecule has 0 saturated carbocycles. The number of benzene rings is 3. The monoisotopic (exact) mass is 326 g/mol. The largest absolute Gasteiger partial charge is 0.296 e. The van der Waals surface area contributed by atoms with Gasteiger partial charge in [-0.2, -0.15) is 0 Å². The van der Waals surface area contributed by atoms with Crippen molar-refractivity contribution in [2.24, 2.45) is 0 Å². The first-order chi connectivity index (χ1) is 12.3. The van der Waals surface area contributed by atoms with Crippen LogP contribution in [0.25, 0.3) is 27.7 Å². The van der Waals surface area contributed by atoms with Crippen LogP contribution >= 0.6 is 0 Å². The van der Waals surface area contributed by atoms with Gasteiger partial charge in [-0.25, -0.2) is 4.68 Å². The van der Waals surface area contributed by atoms with Crippen molar-refractivity contribution < 1.29 is 0 Å². The molecule has 1 aromatic heterocycles. The van der Waals surface area contributed by atoms with E-state index in [1.54, 1.807) is 0 Å². The van der Waals surface area contributed by atoms with Crippen LogP contribution in [0.3, 0.4) is 0 Å². The molecule has 4 heteroatoms. The second-order valence-electron chi connectivity index (χ2n) is 6.62. The molecule has 122 valence electrons. The molecular formula is C21H18N4. The van der Waals surface area contributed by atoms with Gasteiger partial charge in [0.1, 0.15) is 5.69 Å². The van der Waals surface area contributed by atoms with Crippen molar-refractivity contribution in [3.05, 3.63) is 78.0 Å². The van der Waals surface area contributed by atoms with Crippen LogP contribution in [0.15, 0.2) is 66.7 Å². The molecule has 1 aliphatic heterocycles. The Balaban J connectivity index is 1.78. The minimum atomic E-state index is 0.820. The number of hydrogen-bond acceptors (Lipinski definition) is 3. The van der Waals surface area contributed by atoms with Gasteiger partial charge in [-0.1, -0.05) is 65.9 Å². The van der Waals surface area contributed by atoms with Crippen molar-refractivity contribution in [3.8, 4) is 16.9 Å². The summed E-state index contributed by atoms with van der Waals surface area (Å²) in [6.07, 6.45) is 0. The Kier molecular flexibility index (Phi) is 3.18. The smallest absolute Gasteiger partial charge is 0.118 e. The lowest BCUT2D eigenvalue weighted by Crippen LogP contribution is -2.16. The maximum atomic E-state index is 4.58. The number of hydrogen-bond donors (Lipinski definition) is 0. The summed E-state index contributed by atoms with van der Waals surface area (Å²) in [7, 11) is 2.15. The Labute approximate surface area is 146 Å². The maximum absolute atomic E-state index is 4.58. The van der Waals surface area contributed by atoms with Crippen molar-refractivity contribution in [2.45, 2.75) is 13.1 Å². The molecule has 4 aromatic rings. The number of rotatable bonds is 1. The summed E-state index contributed by atoms with van der Waals surface area (Å²) in [5.41, 5.74) is 5.66. The molecule has 0 unspecified atom stereocenters. The van der Waals surface area contributed by atoms with Crippen LogP contribution in [0.2, 0.25) is 0 Å². The van der Waals surface area contributed by atoms with Gasteiger partial charge in [-0.15, -0.1) is 5.10 Å². The van der Waals surface area contributed by atoms with Gasteiger partial charge in [0.25, 0.3) is 0 Å². The Morgan fingerprint density at radius 2 is 1.64 bits per heavy atom. The van der Waals surface area contributed by atoms with Crippen molar-refractivity contribution in [1.29, 1.82) is 0 Å². The Morgan fingerprint density at radius 1 is 0.840 bits per heavy atom. The third-order valence-corrected chi connectivity index (χ3v) is 4.89. The molecule has 0 radical (unpaired) electrons. The molecule has 0 aliphatic carbocycles. The molecule has 0 amide bonds. The summed E-state index contributed by atoms with van der Waals surface area (Å²) in [6, 6.07) is 23.3. The van der Waals surface area contributed by atoms with E-state index < -0.39 is 0 Å². The Morgan fingerprint density at radius 3 is 2.60 bits per heavy atom. The highest BCUT2D eigenvalue weighted by atomic mass is 15.4. The molecule has 2 heterocycles. The van der Waals surface area contributed by atoms with Crippen LogP contribution < -0.4 is 0 Å².